The first-order valence-corrected chi connectivity index (χ1v) is 9.89. The molecule has 144 valence electrons. The zero-order valence-corrected chi connectivity index (χ0v) is 16.0. The highest BCUT2D eigenvalue weighted by atomic mass is 32.2. The summed E-state index contributed by atoms with van der Waals surface area (Å²) in [4.78, 5) is 26.0. The quantitative estimate of drug-likeness (QED) is 0.726. The van der Waals surface area contributed by atoms with Crippen LogP contribution in [0.1, 0.15) is 28.4 Å². The number of primary sulfonamides is 1. The van der Waals surface area contributed by atoms with Crippen molar-refractivity contribution in [3.8, 4) is 0 Å². The van der Waals surface area contributed by atoms with Crippen LogP contribution < -0.4 is 5.14 Å². The van der Waals surface area contributed by atoms with Gasteiger partial charge in [0.15, 0.2) is 6.61 Å². The van der Waals surface area contributed by atoms with E-state index in [2.05, 4.69) is 0 Å². The number of hydrogen-bond acceptors (Lipinski definition) is 5. The lowest BCUT2D eigenvalue weighted by Crippen LogP contribution is -2.34. The molecule has 0 heterocycles. The van der Waals surface area contributed by atoms with Crippen LogP contribution >= 0.6 is 0 Å². The highest BCUT2D eigenvalue weighted by Gasteiger charge is 2.19. The molecule has 7 nitrogen and oxygen atoms in total. The van der Waals surface area contributed by atoms with Crippen LogP contribution in [0.25, 0.3) is 0 Å². The largest absolute Gasteiger partial charge is 0.452 e. The molecule has 1 amide bonds. The number of nitrogens with zero attached hydrogens (tertiary/aromatic N) is 1. The molecule has 0 aliphatic carbocycles. The van der Waals surface area contributed by atoms with Crippen molar-refractivity contribution >= 4 is 21.9 Å². The first kappa shape index (κ1) is 20.6. The first-order valence-electron chi connectivity index (χ1n) is 8.34. The fourth-order valence-corrected chi connectivity index (χ4v) is 3.01. The lowest BCUT2D eigenvalue weighted by Gasteiger charge is -2.21. The number of benzene rings is 2. The second kappa shape index (κ2) is 8.79. The number of carbonyl (C=O) groups excluding carboxylic acids is 2. The van der Waals surface area contributed by atoms with Crippen LogP contribution in [0.4, 0.5) is 0 Å². The summed E-state index contributed by atoms with van der Waals surface area (Å²) in [6.45, 7) is 3.92. The van der Waals surface area contributed by atoms with Gasteiger partial charge >= 0.3 is 5.97 Å². The Balaban J connectivity index is 2.05. The maximum absolute atomic E-state index is 12.4. The average Bonchev–Trinajstić information content (AvgIpc) is 2.64. The Labute approximate surface area is 158 Å². The van der Waals surface area contributed by atoms with Gasteiger partial charge in [-0.25, -0.2) is 18.4 Å². The molecule has 0 saturated heterocycles. The van der Waals surface area contributed by atoms with Crippen molar-refractivity contribution < 1.29 is 22.7 Å². The molecule has 0 unspecified atom stereocenters. The highest BCUT2D eigenvalue weighted by Crippen LogP contribution is 2.16. The Hall–Kier alpha value is -2.71. The van der Waals surface area contributed by atoms with Gasteiger partial charge in [-0.2, -0.15) is 0 Å². The zero-order chi connectivity index (χ0) is 20.0. The van der Waals surface area contributed by atoms with Gasteiger partial charge in [-0.05, 0) is 37.1 Å². The minimum atomic E-state index is -3.94. The molecule has 8 heteroatoms. The molecule has 0 saturated carbocycles. The van der Waals surface area contributed by atoms with Crippen molar-refractivity contribution in [2.75, 3.05) is 13.2 Å². The fraction of sp³-hybridized carbons (Fsp3) is 0.263. The molecule has 2 rings (SSSR count). The number of hydrogen-bond donors (Lipinski definition) is 1. The van der Waals surface area contributed by atoms with Crippen LogP contribution in [-0.4, -0.2) is 38.3 Å². The second-order valence-electron chi connectivity index (χ2n) is 5.99. The summed E-state index contributed by atoms with van der Waals surface area (Å²) >= 11 is 0. The molecule has 0 aromatic heterocycles. The molecule has 27 heavy (non-hydrogen) atoms. The van der Waals surface area contributed by atoms with E-state index in [0.717, 1.165) is 11.6 Å². The molecule has 0 aliphatic heterocycles. The maximum atomic E-state index is 12.4. The van der Waals surface area contributed by atoms with Crippen LogP contribution in [0.2, 0.25) is 0 Å². The summed E-state index contributed by atoms with van der Waals surface area (Å²) in [5.41, 5.74) is 1.55. The standard InChI is InChI=1S/C19H22N2O5S/c1-3-21(12-15-7-5-4-6-8-15)18(22)13-26-19(23)17-11-16(27(20,24)25)10-9-14(17)2/h4-11H,3,12-13H2,1-2H3,(H2,20,24,25). The number of aryl methyl sites for hydroxylation is 1. The number of rotatable bonds is 7. The normalized spacial score (nSPS) is 11.1. The number of sulfonamides is 1. The summed E-state index contributed by atoms with van der Waals surface area (Å²) < 4.78 is 28.0. The SMILES string of the molecule is CCN(Cc1ccccc1)C(=O)COC(=O)c1cc(S(N)(=O)=O)ccc1C. The van der Waals surface area contributed by atoms with Crippen LogP contribution in [-0.2, 0) is 26.1 Å². The van der Waals surface area contributed by atoms with Gasteiger partial charge in [-0.1, -0.05) is 36.4 Å². The lowest BCUT2D eigenvalue weighted by atomic mass is 10.1. The molecular formula is C19H22N2O5S. The molecule has 0 radical (unpaired) electrons. The van der Waals surface area contributed by atoms with E-state index in [0.29, 0.717) is 18.7 Å². The summed E-state index contributed by atoms with van der Waals surface area (Å²) in [7, 11) is -3.94. The Kier molecular flexibility index (Phi) is 6.70. The van der Waals surface area contributed by atoms with Crippen molar-refractivity contribution in [2.24, 2.45) is 5.14 Å². The van der Waals surface area contributed by atoms with E-state index >= 15 is 0 Å². The van der Waals surface area contributed by atoms with Gasteiger partial charge in [0, 0.05) is 13.1 Å². The van der Waals surface area contributed by atoms with E-state index in [1.165, 1.54) is 12.1 Å². The third-order valence-electron chi connectivity index (χ3n) is 4.03. The Morgan fingerprint density at radius 2 is 1.78 bits per heavy atom. The smallest absolute Gasteiger partial charge is 0.338 e. The lowest BCUT2D eigenvalue weighted by molar-refractivity contribution is -0.134. The summed E-state index contributed by atoms with van der Waals surface area (Å²) in [6.07, 6.45) is 0. The molecule has 2 N–H and O–H groups in total. The third-order valence-corrected chi connectivity index (χ3v) is 4.95. The van der Waals surface area contributed by atoms with Crippen molar-refractivity contribution in [3.05, 3.63) is 65.2 Å². The number of ether oxygens (including phenoxy) is 1. The molecule has 0 bridgehead atoms. The van der Waals surface area contributed by atoms with Crippen LogP contribution in [0.3, 0.4) is 0 Å². The number of esters is 1. The Morgan fingerprint density at radius 1 is 1.11 bits per heavy atom. The van der Waals surface area contributed by atoms with Gasteiger partial charge in [-0.3, -0.25) is 4.79 Å². The van der Waals surface area contributed by atoms with Crippen LogP contribution in [0.5, 0.6) is 0 Å². The molecule has 2 aromatic rings. The highest BCUT2D eigenvalue weighted by molar-refractivity contribution is 7.89. The molecule has 0 aliphatic rings. The van der Waals surface area contributed by atoms with Crippen molar-refractivity contribution in [1.82, 2.24) is 4.90 Å². The maximum Gasteiger partial charge on any atom is 0.338 e. The van der Waals surface area contributed by atoms with E-state index in [1.807, 2.05) is 37.3 Å². The van der Waals surface area contributed by atoms with Crippen LogP contribution in [0.15, 0.2) is 53.4 Å². The molecule has 2 aromatic carbocycles. The van der Waals surface area contributed by atoms with E-state index in [1.54, 1.807) is 11.8 Å². The van der Waals surface area contributed by atoms with Gasteiger partial charge in [0.2, 0.25) is 10.0 Å². The number of carbonyl (C=O) groups is 2. The minimum Gasteiger partial charge on any atom is -0.452 e. The van der Waals surface area contributed by atoms with Crippen molar-refractivity contribution in [2.45, 2.75) is 25.3 Å². The number of amides is 1. The summed E-state index contributed by atoms with van der Waals surface area (Å²) in [5.74, 6) is -1.11. The molecule has 0 spiro atoms. The topological polar surface area (TPSA) is 107 Å². The average molecular weight is 390 g/mol. The third kappa shape index (κ3) is 5.63. The summed E-state index contributed by atoms with van der Waals surface area (Å²) in [6, 6.07) is 13.4. The monoisotopic (exact) mass is 390 g/mol. The first-order chi connectivity index (χ1) is 12.7. The second-order valence-corrected chi connectivity index (χ2v) is 7.55. The van der Waals surface area contributed by atoms with E-state index in [-0.39, 0.29) is 16.4 Å². The van der Waals surface area contributed by atoms with Crippen molar-refractivity contribution in [3.63, 3.8) is 0 Å². The Morgan fingerprint density at radius 3 is 2.37 bits per heavy atom. The van der Waals surface area contributed by atoms with E-state index < -0.39 is 22.6 Å². The van der Waals surface area contributed by atoms with E-state index in [4.69, 9.17) is 9.88 Å². The fourth-order valence-electron chi connectivity index (χ4n) is 2.47. The molecule has 0 fully saturated rings. The molecular weight excluding hydrogens is 368 g/mol. The van der Waals surface area contributed by atoms with Gasteiger partial charge in [0.1, 0.15) is 0 Å². The number of nitrogens with two attached hydrogens (primary N) is 1. The van der Waals surface area contributed by atoms with Gasteiger partial charge in [0.25, 0.3) is 5.91 Å². The van der Waals surface area contributed by atoms with Gasteiger partial charge in [0.05, 0.1) is 10.5 Å². The van der Waals surface area contributed by atoms with Crippen LogP contribution in [0, 0.1) is 6.92 Å². The predicted molar refractivity (Wildman–Crippen MR) is 100 cm³/mol. The Bertz CT molecular complexity index is 926. The zero-order valence-electron chi connectivity index (χ0n) is 15.2. The van der Waals surface area contributed by atoms with Crippen molar-refractivity contribution in [1.29, 1.82) is 0 Å². The van der Waals surface area contributed by atoms with Gasteiger partial charge in [-0.15, -0.1) is 0 Å². The number of likely N-dealkylation sites (N-methyl/N-ethyl adjacent to an activating group) is 1. The van der Waals surface area contributed by atoms with E-state index in [9.17, 15) is 18.0 Å². The molecule has 0 atom stereocenters. The predicted octanol–water partition coefficient (Wildman–Crippen LogP) is 1.85. The van der Waals surface area contributed by atoms with Gasteiger partial charge < -0.3 is 9.64 Å². The minimum absolute atomic E-state index is 0.0560. The summed E-state index contributed by atoms with van der Waals surface area (Å²) in [5, 5.41) is 5.09.